The Morgan fingerprint density at radius 3 is 2.17 bits per heavy atom. The molecular formula is C21H39N5O3. The van der Waals surface area contributed by atoms with Gasteiger partial charge in [0.05, 0.1) is 12.0 Å². The van der Waals surface area contributed by atoms with E-state index < -0.39 is 11.0 Å². The van der Waals surface area contributed by atoms with Crippen LogP contribution in [0.5, 0.6) is 0 Å². The summed E-state index contributed by atoms with van der Waals surface area (Å²) >= 11 is 0. The molecule has 0 aromatic heterocycles. The zero-order valence-electron chi connectivity index (χ0n) is 19.1. The Bertz CT molecular complexity index is 612. The van der Waals surface area contributed by atoms with Crippen LogP contribution >= 0.6 is 0 Å². The monoisotopic (exact) mass is 409 g/mol. The van der Waals surface area contributed by atoms with Gasteiger partial charge in [-0.05, 0) is 67.2 Å². The highest BCUT2D eigenvalue weighted by molar-refractivity contribution is 5.83. The Morgan fingerprint density at radius 1 is 1.10 bits per heavy atom. The Morgan fingerprint density at radius 2 is 1.69 bits per heavy atom. The quantitative estimate of drug-likeness (QED) is 0.478. The van der Waals surface area contributed by atoms with Crippen molar-refractivity contribution in [2.45, 2.75) is 91.0 Å². The first kappa shape index (κ1) is 23.3. The van der Waals surface area contributed by atoms with Crippen LogP contribution in [0.2, 0.25) is 0 Å². The van der Waals surface area contributed by atoms with Crippen LogP contribution in [0.3, 0.4) is 0 Å². The van der Waals surface area contributed by atoms with Gasteiger partial charge in [-0.15, -0.1) is 0 Å². The zero-order chi connectivity index (χ0) is 21.8. The van der Waals surface area contributed by atoms with Gasteiger partial charge in [-0.25, -0.2) is 4.79 Å². The van der Waals surface area contributed by atoms with Gasteiger partial charge in [0.25, 0.3) is 0 Å². The van der Waals surface area contributed by atoms with E-state index in [2.05, 4.69) is 20.9 Å². The molecule has 2 heterocycles. The molecule has 2 saturated heterocycles. The Labute approximate surface area is 175 Å². The van der Waals surface area contributed by atoms with Crippen LogP contribution in [0.25, 0.3) is 0 Å². The first-order valence-electron chi connectivity index (χ1n) is 10.7. The molecule has 2 rings (SSSR count). The molecule has 2 aliphatic rings. The molecule has 8 nitrogen and oxygen atoms in total. The molecule has 0 aliphatic carbocycles. The third-order valence-corrected chi connectivity index (χ3v) is 5.50. The molecule has 29 heavy (non-hydrogen) atoms. The highest BCUT2D eigenvalue weighted by Crippen LogP contribution is 2.36. The fraction of sp³-hybridized carbons (Fsp3) is 0.857. The van der Waals surface area contributed by atoms with Crippen LogP contribution in [0, 0.1) is 5.41 Å². The zero-order valence-corrected chi connectivity index (χ0v) is 19.1. The van der Waals surface area contributed by atoms with Gasteiger partial charge >= 0.3 is 6.09 Å². The number of amides is 2. The topological polar surface area (TPSA) is 95.1 Å². The average molecular weight is 410 g/mol. The molecular weight excluding hydrogens is 370 g/mol. The van der Waals surface area contributed by atoms with Crippen molar-refractivity contribution in [3.05, 3.63) is 0 Å². The fourth-order valence-electron chi connectivity index (χ4n) is 4.11. The average Bonchev–Trinajstić information content (AvgIpc) is 2.89. The SMILES string of the molecule is CCNC(=NCC(C)(C)C(=O)NC)NC1CC2CCC(C1)N2C(=O)OC(C)(C)C. The van der Waals surface area contributed by atoms with Gasteiger partial charge in [0.2, 0.25) is 5.91 Å². The summed E-state index contributed by atoms with van der Waals surface area (Å²) in [5.74, 6) is 0.695. The summed E-state index contributed by atoms with van der Waals surface area (Å²) in [5.41, 5.74) is -1.05. The molecule has 0 aromatic rings. The number of hydrogen-bond acceptors (Lipinski definition) is 4. The number of nitrogens with one attached hydrogen (secondary N) is 3. The number of ether oxygens (including phenoxy) is 1. The lowest BCUT2D eigenvalue weighted by molar-refractivity contribution is -0.128. The van der Waals surface area contributed by atoms with Crippen LogP contribution in [-0.2, 0) is 9.53 Å². The number of hydrogen-bond donors (Lipinski definition) is 3. The van der Waals surface area contributed by atoms with Gasteiger partial charge < -0.3 is 25.6 Å². The van der Waals surface area contributed by atoms with E-state index in [-0.39, 0.29) is 30.1 Å². The predicted octanol–water partition coefficient (Wildman–Crippen LogP) is 2.24. The Hall–Kier alpha value is -1.99. The van der Waals surface area contributed by atoms with Crippen LogP contribution < -0.4 is 16.0 Å². The van der Waals surface area contributed by atoms with Crippen molar-refractivity contribution in [3.8, 4) is 0 Å². The third kappa shape index (κ3) is 6.24. The molecule has 0 saturated carbocycles. The standard InChI is InChI=1S/C21H39N5O3/c1-8-23-18(24-13-21(5,6)17(27)22-7)25-14-11-15-9-10-16(12-14)26(15)19(28)29-20(2,3)4/h14-16H,8-13H2,1-7H3,(H,22,27)(H2,23,24,25). The van der Waals surface area contributed by atoms with Crippen LogP contribution in [0.1, 0.15) is 67.2 Å². The second-order valence-electron chi connectivity index (χ2n) is 9.74. The van der Waals surface area contributed by atoms with Gasteiger partial charge in [0.15, 0.2) is 5.96 Å². The van der Waals surface area contributed by atoms with Gasteiger partial charge in [-0.2, -0.15) is 0 Å². The van der Waals surface area contributed by atoms with E-state index in [1.165, 1.54) is 0 Å². The molecule has 2 bridgehead atoms. The van der Waals surface area contributed by atoms with Crippen molar-refractivity contribution < 1.29 is 14.3 Å². The maximum atomic E-state index is 12.6. The van der Waals surface area contributed by atoms with E-state index in [0.29, 0.717) is 6.54 Å². The molecule has 0 radical (unpaired) electrons. The summed E-state index contributed by atoms with van der Waals surface area (Å²) in [5, 5.41) is 9.50. The number of aliphatic imine (C=N–C) groups is 1. The summed E-state index contributed by atoms with van der Waals surface area (Å²) in [6.45, 7) is 12.6. The van der Waals surface area contributed by atoms with Crippen molar-refractivity contribution in [1.82, 2.24) is 20.9 Å². The lowest BCUT2D eigenvalue weighted by atomic mass is 9.93. The van der Waals surface area contributed by atoms with Gasteiger partial charge in [-0.1, -0.05) is 0 Å². The van der Waals surface area contributed by atoms with E-state index in [9.17, 15) is 9.59 Å². The van der Waals surface area contributed by atoms with Crippen molar-refractivity contribution in [2.24, 2.45) is 10.4 Å². The second kappa shape index (κ2) is 9.22. The molecule has 2 unspecified atom stereocenters. The summed E-state index contributed by atoms with van der Waals surface area (Å²) < 4.78 is 5.61. The number of carbonyl (C=O) groups is 2. The van der Waals surface area contributed by atoms with E-state index in [1.807, 2.05) is 46.4 Å². The van der Waals surface area contributed by atoms with E-state index >= 15 is 0 Å². The van der Waals surface area contributed by atoms with Crippen molar-refractivity contribution in [1.29, 1.82) is 0 Å². The van der Waals surface area contributed by atoms with E-state index in [1.54, 1.807) is 7.05 Å². The molecule has 0 spiro atoms. The number of fused-ring (bicyclic) bond motifs is 2. The lowest BCUT2D eigenvalue weighted by Crippen LogP contribution is -2.55. The van der Waals surface area contributed by atoms with Gasteiger partial charge in [0, 0.05) is 31.7 Å². The summed E-state index contributed by atoms with van der Waals surface area (Å²) in [4.78, 5) is 31.2. The molecule has 166 valence electrons. The molecule has 2 fully saturated rings. The maximum Gasteiger partial charge on any atom is 0.410 e. The maximum absolute atomic E-state index is 12.6. The first-order valence-corrected chi connectivity index (χ1v) is 10.7. The number of rotatable bonds is 5. The minimum atomic E-state index is -0.573. The molecule has 8 heteroatoms. The molecule has 0 aromatic carbocycles. The number of nitrogens with zero attached hydrogens (tertiary/aromatic N) is 2. The summed E-state index contributed by atoms with van der Waals surface area (Å²) in [6.07, 6.45) is 3.58. The van der Waals surface area contributed by atoms with Crippen molar-refractivity contribution >= 4 is 18.0 Å². The van der Waals surface area contributed by atoms with E-state index in [4.69, 9.17) is 4.74 Å². The second-order valence-corrected chi connectivity index (χ2v) is 9.74. The highest BCUT2D eigenvalue weighted by atomic mass is 16.6. The van der Waals surface area contributed by atoms with Crippen LogP contribution in [0.15, 0.2) is 4.99 Å². The largest absolute Gasteiger partial charge is 0.444 e. The van der Waals surface area contributed by atoms with Crippen LogP contribution in [-0.4, -0.2) is 66.7 Å². The molecule has 3 N–H and O–H groups in total. The Kier molecular flexibility index (Phi) is 7.40. The highest BCUT2D eigenvalue weighted by Gasteiger charge is 2.45. The summed E-state index contributed by atoms with van der Waals surface area (Å²) in [6, 6.07) is 0.643. The summed E-state index contributed by atoms with van der Waals surface area (Å²) in [7, 11) is 1.64. The normalized spacial score (nSPS) is 24.9. The number of carbonyl (C=O) groups excluding carboxylic acids is 2. The number of guanidine groups is 1. The first-order chi connectivity index (χ1) is 13.5. The minimum Gasteiger partial charge on any atom is -0.444 e. The van der Waals surface area contributed by atoms with Gasteiger partial charge in [-0.3, -0.25) is 9.79 Å². The number of piperidine rings is 1. The van der Waals surface area contributed by atoms with Crippen molar-refractivity contribution in [3.63, 3.8) is 0 Å². The lowest BCUT2D eigenvalue weighted by Gasteiger charge is -2.40. The Balaban J connectivity index is 2.00. The van der Waals surface area contributed by atoms with Crippen molar-refractivity contribution in [2.75, 3.05) is 20.1 Å². The fourth-order valence-corrected chi connectivity index (χ4v) is 4.11. The third-order valence-electron chi connectivity index (χ3n) is 5.50. The predicted molar refractivity (Wildman–Crippen MR) is 115 cm³/mol. The molecule has 2 atom stereocenters. The van der Waals surface area contributed by atoms with Crippen LogP contribution in [0.4, 0.5) is 4.79 Å². The van der Waals surface area contributed by atoms with E-state index in [0.717, 1.165) is 38.2 Å². The minimum absolute atomic E-state index is 0.0270. The smallest absolute Gasteiger partial charge is 0.410 e. The molecule has 2 aliphatic heterocycles. The van der Waals surface area contributed by atoms with Gasteiger partial charge in [0.1, 0.15) is 5.60 Å². The molecule has 2 amide bonds.